The fraction of sp³-hybridized carbons (Fsp3) is 0.154. The maximum absolute atomic E-state index is 13.7. The van der Waals surface area contributed by atoms with Crippen molar-refractivity contribution in [2.75, 3.05) is 0 Å². The Morgan fingerprint density at radius 3 is 2.87 bits per heavy atom. The molecule has 0 aliphatic carbocycles. The molecule has 0 spiro atoms. The molecule has 15 heavy (non-hydrogen) atoms. The lowest BCUT2D eigenvalue weighted by Gasteiger charge is -2.03. The zero-order chi connectivity index (χ0) is 16.1. The van der Waals surface area contributed by atoms with Crippen molar-refractivity contribution in [3.63, 3.8) is 0 Å². The summed E-state index contributed by atoms with van der Waals surface area (Å²) < 4.78 is 61.3. The molecule has 0 saturated carbocycles. The van der Waals surface area contributed by atoms with Crippen LogP contribution in [0, 0.1) is 12.7 Å². The number of pyridine rings is 1. The number of halogens is 1. The number of hydrogen-bond acceptors (Lipinski definition) is 0. The topological polar surface area (TPSA) is 3.88 Å². The van der Waals surface area contributed by atoms with Crippen molar-refractivity contribution < 1.29 is 17.2 Å². The molecule has 1 nitrogen and oxygen atoms in total. The highest BCUT2D eigenvalue weighted by molar-refractivity contribution is 5.60. The minimum absolute atomic E-state index is 0.00324. The molecule has 2 rings (SSSR count). The molecule has 1 aromatic heterocycles. The summed E-state index contributed by atoms with van der Waals surface area (Å²) in [6, 6.07) is -0.355. The lowest BCUT2D eigenvalue weighted by Crippen LogP contribution is -2.31. The van der Waals surface area contributed by atoms with Crippen LogP contribution in [-0.4, -0.2) is 0 Å². The van der Waals surface area contributed by atoms with Crippen LogP contribution in [0.5, 0.6) is 0 Å². The van der Waals surface area contributed by atoms with Crippen LogP contribution in [0.4, 0.5) is 4.39 Å². The number of hydrogen-bond donors (Lipinski definition) is 0. The third-order valence-corrected chi connectivity index (χ3v) is 2.06. The summed E-state index contributed by atoms with van der Waals surface area (Å²) >= 11 is 0. The molecule has 2 heteroatoms. The van der Waals surface area contributed by atoms with Crippen molar-refractivity contribution in [1.29, 1.82) is 0 Å². The van der Waals surface area contributed by atoms with Crippen molar-refractivity contribution in [1.82, 2.24) is 0 Å². The molecule has 1 aromatic carbocycles. The molecule has 0 radical (unpaired) electrons. The molecular formula is C13H13FN+. The second kappa shape index (κ2) is 3.81. The van der Waals surface area contributed by atoms with Gasteiger partial charge in [-0.2, -0.15) is 4.57 Å². The predicted molar refractivity (Wildman–Crippen MR) is 57.7 cm³/mol. The fourth-order valence-electron chi connectivity index (χ4n) is 1.31. The van der Waals surface area contributed by atoms with E-state index in [2.05, 4.69) is 0 Å². The van der Waals surface area contributed by atoms with Gasteiger partial charge in [0.15, 0.2) is 5.82 Å². The van der Waals surface area contributed by atoms with Gasteiger partial charge in [0.2, 0.25) is 11.9 Å². The van der Waals surface area contributed by atoms with E-state index < -0.39 is 24.1 Å². The lowest BCUT2D eigenvalue weighted by atomic mass is 10.1. The van der Waals surface area contributed by atoms with Crippen molar-refractivity contribution >= 4 is 0 Å². The zero-order valence-corrected chi connectivity index (χ0v) is 8.40. The SMILES string of the molecule is [2H]c1cc([2H])c(C)c(-c2c([2H])c([2H])c(F)c([2H])[n+]2C)c1[2H]. The van der Waals surface area contributed by atoms with Crippen LogP contribution >= 0.6 is 0 Å². The van der Waals surface area contributed by atoms with E-state index in [9.17, 15) is 4.39 Å². The van der Waals surface area contributed by atoms with E-state index >= 15 is 0 Å². The summed E-state index contributed by atoms with van der Waals surface area (Å²) in [5.41, 5.74) is 0.462. The second-order valence-electron chi connectivity index (χ2n) is 3.14. The highest BCUT2D eigenvalue weighted by atomic mass is 19.1. The van der Waals surface area contributed by atoms with Crippen molar-refractivity contribution in [3.8, 4) is 11.3 Å². The highest BCUT2D eigenvalue weighted by Gasteiger charge is 2.11. The third-order valence-electron chi connectivity index (χ3n) is 2.06. The summed E-state index contributed by atoms with van der Waals surface area (Å²) in [6.45, 7) is 1.56. The van der Waals surface area contributed by atoms with Gasteiger partial charge in [-0.25, -0.2) is 4.39 Å². The molecule has 0 atom stereocenters. The van der Waals surface area contributed by atoms with Crippen LogP contribution in [-0.2, 0) is 7.05 Å². The molecule has 0 N–H and O–H groups in total. The van der Waals surface area contributed by atoms with Crippen LogP contribution in [0.15, 0.2) is 42.5 Å². The summed E-state index contributed by atoms with van der Waals surface area (Å²) in [4.78, 5) is 0. The van der Waals surface area contributed by atoms with Gasteiger partial charge >= 0.3 is 0 Å². The summed E-state index contributed by atoms with van der Waals surface area (Å²) in [5.74, 6) is -1.11. The Bertz CT molecular complexity index is 704. The normalized spacial score (nSPS) is 15.9. The number of benzene rings is 1. The molecule has 0 bridgehead atoms. The van der Waals surface area contributed by atoms with E-state index in [0.717, 1.165) is 4.57 Å². The van der Waals surface area contributed by atoms with E-state index in [4.69, 9.17) is 8.22 Å². The van der Waals surface area contributed by atoms with Crippen LogP contribution < -0.4 is 4.57 Å². The van der Waals surface area contributed by atoms with Crippen LogP contribution in [0.2, 0.25) is 0 Å². The van der Waals surface area contributed by atoms with Gasteiger partial charge in [-0.1, -0.05) is 18.2 Å². The molecular weight excluding hydrogens is 189 g/mol. The zero-order valence-electron chi connectivity index (χ0n) is 14.4. The van der Waals surface area contributed by atoms with Gasteiger partial charge in [0, 0.05) is 11.6 Å². The molecule has 0 fully saturated rings. The molecule has 0 unspecified atom stereocenters. The standard InChI is InChI=1S/C13H13FN/c1-10-5-3-4-6-12(10)13-8-7-11(14)9-15(13)2/h3-9H,1-2H3/q+1/i4D,5D,6D,7D,8D,9D. The number of nitrogens with zero attached hydrogens (tertiary/aromatic N) is 1. The summed E-state index contributed by atoms with van der Waals surface area (Å²) in [5, 5.41) is 0. The molecule has 0 aliphatic rings. The van der Waals surface area contributed by atoms with Crippen LogP contribution in [0.3, 0.4) is 0 Å². The lowest BCUT2D eigenvalue weighted by molar-refractivity contribution is -0.661. The Balaban J connectivity index is 3.00. The second-order valence-corrected chi connectivity index (χ2v) is 3.14. The van der Waals surface area contributed by atoms with Gasteiger partial charge in [0.05, 0.1) is 6.85 Å². The fourth-order valence-corrected chi connectivity index (χ4v) is 1.31. The van der Waals surface area contributed by atoms with E-state index in [-0.39, 0.29) is 29.4 Å². The maximum atomic E-state index is 13.7. The molecule has 0 amide bonds. The Labute approximate surface area is 97.2 Å². The average molecular weight is 208 g/mol. The van der Waals surface area contributed by atoms with Gasteiger partial charge in [0.1, 0.15) is 8.42 Å². The van der Waals surface area contributed by atoms with Crippen LogP contribution in [0.1, 0.15) is 13.8 Å². The molecule has 0 aliphatic heterocycles. The highest BCUT2D eigenvalue weighted by Crippen LogP contribution is 2.19. The van der Waals surface area contributed by atoms with Gasteiger partial charge in [-0.15, -0.1) is 0 Å². The maximum Gasteiger partial charge on any atom is 0.212 e. The molecule has 76 valence electrons. The van der Waals surface area contributed by atoms with Gasteiger partial charge < -0.3 is 0 Å². The Morgan fingerprint density at radius 1 is 1.27 bits per heavy atom. The first-order valence-corrected chi connectivity index (χ1v) is 4.41. The first-order chi connectivity index (χ1) is 9.68. The van der Waals surface area contributed by atoms with Crippen molar-refractivity contribution in [3.05, 3.63) is 53.8 Å². The Hall–Kier alpha value is -1.70. The third kappa shape index (κ3) is 1.89. The van der Waals surface area contributed by atoms with Gasteiger partial charge in [-0.3, -0.25) is 0 Å². The van der Waals surface area contributed by atoms with E-state index in [1.54, 1.807) is 6.92 Å². The quantitative estimate of drug-likeness (QED) is 0.634. The summed E-state index contributed by atoms with van der Waals surface area (Å²) in [6.07, 6.45) is -0.577. The monoisotopic (exact) mass is 208 g/mol. The van der Waals surface area contributed by atoms with Gasteiger partial charge in [0.25, 0.3) is 0 Å². The largest absolute Gasteiger partial charge is 0.212 e. The minimum atomic E-state index is -1.11. The van der Waals surface area contributed by atoms with E-state index in [1.165, 1.54) is 13.1 Å². The molecule has 1 heterocycles. The minimum Gasteiger partial charge on any atom is -0.200 e. The van der Waals surface area contributed by atoms with Crippen molar-refractivity contribution in [2.45, 2.75) is 6.92 Å². The van der Waals surface area contributed by atoms with E-state index in [1.807, 2.05) is 0 Å². The van der Waals surface area contributed by atoms with Crippen molar-refractivity contribution in [2.24, 2.45) is 7.05 Å². The predicted octanol–water partition coefficient (Wildman–Crippen LogP) is 2.63. The molecule has 0 saturated heterocycles. The van der Waals surface area contributed by atoms with Crippen LogP contribution in [0.25, 0.3) is 11.3 Å². The first kappa shape index (κ1) is 4.88. The Morgan fingerprint density at radius 2 is 2.07 bits per heavy atom. The molecule has 2 aromatic rings. The first-order valence-electron chi connectivity index (χ1n) is 7.41. The average Bonchev–Trinajstić information content (AvgIpc) is 2.44. The summed E-state index contributed by atoms with van der Waals surface area (Å²) in [7, 11) is 1.36. The van der Waals surface area contributed by atoms with Gasteiger partial charge in [-0.05, 0) is 24.6 Å². The smallest absolute Gasteiger partial charge is 0.200 e. The number of rotatable bonds is 1. The van der Waals surface area contributed by atoms with E-state index in [0.29, 0.717) is 5.56 Å². The number of aromatic nitrogens is 1. The Kier molecular flexibility index (Phi) is 1.24.